The molecule has 1 aromatic carbocycles. The Morgan fingerprint density at radius 2 is 2.18 bits per heavy atom. The van der Waals surface area contributed by atoms with Crippen LogP contribution in [0.3, 0.4) is 0 Å². The van der Waals surface area contributed by atoms with E-state index in [1.54, 1.807) is 26.3 Å². The summed E-state index contributed by atoms with van der Waals surface area (Å²) in [5.74, 6) is 0.388. The van der Waals surface area contributed by atoms with Crippen molar-refractivity contribution in [2.75, 3.05) is 20.7 Å². The summed E-state index contributed by atoms with van der Waals surface area (Å²) in [7, 11) is 3.26. The lowest BCUT2D eigenvalue weighted by molar-refractivity contribution is -0.143. The van der Waals surface area contributed by atoms with Gasteiger partial charge in [0.1, 0.15) is 12.4 Å². The number of hydrogen-bond acceptors (Lipinski definition) is 4. The first kappa shape index (κ1) is 13.8. The fourth-order valence-electron chi connectivity index (χ4n) is 1.55. The average Bonchev–Trinajstić information content (AvgIpc) is 2.26. The molecule has 17 heavy (non-hydrogen) atoms. The Hall–Kier alpha value is -1.26. The van der Waals surface area contributed by atoms with E-state index in [0.29, 0.717) is 10.8 Å². The highest BCUT2D eigenvalue weighted by atomic mass is 35.5. The molecule has 1 N–H and O–H groups in total. The van der Waals surface area contributed by atoms with Gasteiger partial charge >= 0.3 is 5.97 Å². The summed E-state index contributed by atoms with van der Waals surface area (Å²) in [4.78, 5) is 11.2. The smallest absolute Gasteiger partial charge is 0.320 e. The van der Waals surface area contributed by atoms with E-state index in [2.05, 4.69) is 5.32 Å². The van der Waals surface area contributed by atoms with E-state index in [1.165, 1.54) is 0 Å². The summed E-state index contributed by atoms with van der Waals surface area (Å²) < 4.78 is 10.3. The van der Waals surface area contributed by atoms with Crippen LogP contribution in [0.1, 0.15) is 11.1 Å². The zero-order valence-electron chi connectivity index (χ0n) is 10.2. The number of likely N-dealkylation sites (N-methyl/N-ethyl adjacent to an activating group) is 1. The van der Waals surface area contributed by atoms with Crippen LogP contribution in [0.5, 0.6) is 5.75 Å². The number of halogens is 1. The minimum absolute atomic E-state index is 0.158. The van der Waals surface area contributed by atoms with Crippen molar-refractivity contribution in [1.29, 1.82) is 0 Å². The van der Waals surface area contributed by atoms with Crippen molar-refractivity contribution in [3.05, 3.63) is 28.3 Å². The van der Waals surface area contributed by atoms with Crippen LogP contribution in [0, 0.1) is 6.92 Å². The van der Waals surface area contributed by atoms with Gasteiger partial charge < -0.3 is 14.8 Å². The normalized spacial score (nSPS) is 10.1. The topological polar surface area (TPSA) is 47.6 Å². The Morgan fingerprint density at radius 3 is 2.76 bits per heavy atom. The molecule has 0 aromatic heterocycles. The summed E-state index contributed by atoms with van der Waals surface area (Å²) in [6.45, 7) is 2.23. The molecular formula is C12H16ClNO3. The predicted octanol–water partition coefficient (Wildman–Crippen LogP) is 1.92. The van der Waals surface area contributed by atoms with Gasteiger partial charge in [0.25, 0.3) is 0 Å². The van der Waals surface area contributed by atoms with Crippen molar-refractivity contribution in [1.82, 2.24) is 5.32 Å². The van der Waals surface area contributed by atoms with Gasteiger partial charge in [-0.15, -0.1) is 0 Å². The maximum absolute atomic E-state index is 11.2. The highest BCUT2D eigenvalue weighted by Crippen LogP contribution is 2.28. The number of esters is 1. The third-order valence-corrected chi connectivity index (χ3v) is 2.45. The summed E-state index contributed by atoms with van der Waals surface area (Å²) >= 11 is 5.95. The lowest BCUT2D eigenvalue weighted by atomic mass is 10.1. The van der Waals surface area contributed by atoms with Crippen LogP contribution >= 0.6 is 11.6 Å². The first-order chi connectivity index (χ1) is 8.08. The fraction of sp³-hybridized carbons (Fsp3) is 0.417. The van der Waals surface area contributed by atoms with E-state index in [9.17, 15) is 4.79 Å². The maximum Gasteiger partial charge on any atom is 0.320 e. The molecule has 5 heteroatoms. The maximum atomic E-state index is 11.2. The minimum atomic E-state index is -0.313. The van der Waals surface area contributed by atoms with E-state index in [4.69, 9.17) is 21.1 Å². The number of rotatable bonds is 5. The highest BCUT2D eigenvalue weighted by Gasteiger charge is 2.10. The van der Waals surface area contributed by atoms with Crippen molar-refractivity contribution in [3.8, 4) is 5.75 Å². The van der Waals surface area contributed by atoms with Crippen LogP contribution in [0.25, 0.3) is 0 Å². The molecule has 0 aliphatic heterocycles. The second-order valence-electron chi connectivity index (χ2n) is 3.61. The summed E-state index contributed by atoms with van der Waals surface area (Å²) in [5, 5.41) is 3.32. The van der Waals surface area contributed by atoms with E-state index in [1.807, 2.05) is 6.92 Å². The SMILES string of the molecule is CNCC(=O)OCc1cc(Cl)cc(C)c1OC. The van der Waals surface area contributed by atoms with Crippen molar-refractivity contribution < 1.29 is 14.3 Å². The van der Waals surface area contributed by atoms with E-state index in [0.717, 1.165) is 11.1 Å². The molecule has 0 aliphatic rings. The van der Waals surface area contributed by atoms with Gasteiger partial charge in [0.15, 0.2) is 0 Å². The molecule has 0 heterocycles. The number of aryl methyl sites for hydroxylation is 1. The Balaban J connectivity index is 2.79. The van der Waals surface area contributed by atoms with Crippen molar-refractivity contribution in [3.63, 3.8) is 0 Å². The molecule has 0 saturated heterocycles. The number of methoxy groups -OCH3 is 1. The zero-order valence-corrected chi connectivity index (χ0v) is 10.9. The van der Waals surface area contributed by atoms with Crippen LogP contribution in [-0.4, -0.2) is 26.7 Å². The van der Waals surface area contributed by atoms with E-state index in [-0.39, 0.29) is 19.1 Å². The van der Waals surface area contributed by atoms with Gasteiger partial charge in [0.2, 0.25) is 0 Å². The molecule has 0 saturated carbocycles. The Labute approximate surface area is 106 Å². The summed E-state index contributed by atoms with van der Waals surface area (Å²) in [6, 6.07) is 3.54. The van der Waals surface area contributed by atoms with E-state index < -0.39 is 0 Å². The quantitative estimate of drug-likeness (QED) is 0.819. The standard InChI is InChI=1S/C12H16ClNO3/c1-8-4-10(13)5-9(12(8)16-3)7-17-11(15)6-14-2/h4-5,14H,6-7H2,1-3H3. The van der Waals surface area contributed by atoms with Gasteiger partial charge in [0, 0.05) is 10.6 Å². The monoisotopic (exact) mass is 257 g/mol. The third-order valence-electron chi connectivity index (χ3n) is 2.23. The number of hydrogen-bond donors (Lipinski definition) is 1. The number of benzene rings is 1. The molecule has 1 aromatic rings. The van der Waals surface area contributed by atoms with Gasteiger partial charge in [-0.25, -0.2) is 0 Å². The summed E-state index contributed by atoms with van der Waals surface area (Å²) in [5.41, 5.74) is 1.68. The fourth-order valence-corrected chi connectivity index (χ4v) is 1.85. The number of carbonyl (C=O) groups is 1. The Bertz CT molecular complexity index is 407. The molecule has 0 bridgehead atoms. The molecule has 0 fully saturated rings. The van der Waals surface area contributed by atoms with Crippen LogP contribution in [0.2, 0.25) is 5.02 Å². The van der Waals surface area contributed by atoms with Gasteiger partial charge in [0.05, 0.1) is 13.7 Å². The Morgan fingerprint density at radius 1 is 1.47 bits per heavy atom. The van der Waals surface area contributed by atoms with Crippen LogP contribution in [-0.2, 0) is 16.1 Å². The first-order valence-electron chi connectivity index (χ1n) is 5.21. The summed E-state index contributed by atoms with van der Waals surface area (Å²) in [6.07, 6.45) is 0. The van der Waals surface area contributed by atoms with Gasteiger partial charge in [-0.2, -0.15) is 0 Å². The molecule has 0 aliphatic carbocycles. The molecule has 1 rings (SSSR count). The molecular weight excluding hydrogens is 242 g/mol. The van der Waals surface area contributed by atoms with Crippen molar-refractivity contribution in [2.45, 2.75) is 13.5 Å². The van der Waals surface area contributed by atoms with Gasteiger partial charge in [-0.05, 0) is 31.7 Å². The molecule has 0 amide bonds. The van der Waals surface area contributed by atoms with Gasteiger partial charge in [-0.1, -0.05) is 11.6 Å². The third kappa shape index (κ3) is 3.91. The van der Waals surface area contributed by atoms with Crippen LogP contribution in [0.4, 0.5) is 0 Å². The molecule has 0 spiro atoms. The lowest BCUT2D eigenvalue weighted by Gasteiger charge is -2.12. The molecule has 0 unspecified atom stereocenters. The van der Waals surface area contributed by atoms with Gasteiger partial charge in [-0.3, -0.25) is 4.79 Å². The minimum Gasteiger partial charge on any atom is -0.496 e. The number of nitrogens with one attached hydrogen (secondary N) is 1. The zero-order chi connectivity index (χ0) is 12.8. The number of ether oxygens (including phenoxy) is 2. The Kier molecular flexibility index (Phi) is 5.25. The van der Waals surface area contributed by atoms with Crippen molar-refractivity contribution >= 4 is 17.6 Å². The lowest BCUT2D eigenvalue weighted by Crippen LogP contribution is -2.20. The average molecular weight is 258 g/mol. The van der Waals surface area contributed by atoms with Crippen LogP contribution < -0.4 is 10.1 Å². The second kappa shape index (κ2) is 6.47. The largest absolute Gasteiger partial charge is 0.496 e. The molecule has 94 valence electrons. The first-order valence-corrected chi connectivity index (χ1v) is 5.59. The predicted molar refractivity (Wildman–Crippen MR) is 66.5 cm³/mol. The molecule has 0 atom stereocenters. The van der Waals surface area contributed by atoms with E-state index >= 15 is 0 Å². The van der Waals surface area contributed by atoms with Crippen LogP contribution in [0.15, 0.2) is 12.1 Å². The second-order valence-corrected chi connectivity index (χ2v) is 4.04. The molecule has 4 nitrogen and oxygen atoms in total. The van der Waals surface area contributed by atoms with Crippen molar-refractivity contribution in [2.24, 2.45) is 0 Å². The number of carbonyl (C=O) groups excluding carboxylic acids is 1. The molecule has 0 radical (unpaired) electrons. The highest BCUT2D eigenvalue weighted by molar-refractivity contribution is 6.30.